The molecule has 2 heterocycles. The number of hydrogen-bond donors (Lipinski definition) is 1. The van der Waals surface area contributed by atoms with Crippen LogP contribution in [0, 0.1) is 0 Å². The lowest BCUT2D eigenvalue weighted by Gasteiger charge is -2.24. The Balaban J connectivity index is 2.16. The minimum atomic E-state index is -2.93. The second-order valence-electron chi connectivity index (χ2n) is 4.25. The Kier molecular flexibility index (Phi) is 2.79. The first-order chi connectivity index (χ1) is 7.39. The van der Waals surface area contributed by atoms with E-state index in [0.717, 1.165) is 0 Å². The maximum atomic E-state index is 11.4. The maximum absolute atomic E-state index is 11.4. The van der Waals surface area contributed by atoms with Gasteiger partial charge in [0.15, 0.2) is 9.84 Å². The summed E-state index contributed by atoms with van der Waals surface area (Å²) in [5, 5.41) is 3.36. The van der Waals surface area contributed by atoms with Crippen molar-refractivity contribution in [3.63, 3.8) is 0 Å². The van der Waals surface area contributed by atoms with Crippen molar-refractivity contribution in [2.45, 2.75) is 18.9 Å². The van der Waals surface area contributed by atoms with E-state index in [4.69, 9.17) is 11.6 Å². The molecule has 1 aromatic heterocycles. The summed E-state index contributed by atoms with van der Waals surface area (Å²) < 4.78 is 22.8. The predicted molar refractivity (Wildman–Crippen MR) is 62.3 cm³/mol. The molecule has 0 aromatic carbocycles. The number of anilines is 1. The van der Waals surface area contributed by atoms with Crippen LogP contribution in [0.1, 0.15) is 13.3 Å². The Bertz CT molecular complexity index is 505. The number of aromatic nitrogens is 2. The van der Waals surface area contributed by atoms with Gasteiger partial charge in [0, 0.05) is 0 Å². The number of sulfone groups is 1. The van der Waals surface area contributed by atoms with Crippen LogP contribution in [-0.4, -0.2) is 35.4 Å². The highest BCUT2D eigenvalue weighted by molar-refractivity contribution is 7.91. The van der Waals surface area contributed by atoms with Gasteiger partial charge >= 0.3 is 0 Å². The van der Waals surface area contributed by atoms with Crippen LogP contribution in [0.15, 0.2) is 12.4 Å². The molecule has 1 aliphatic rings. The Morgan fingerprint density at radius 2 is 2.25 bits per heavy atom. The van der Waals surface area contributed by atoms with E-state index in [1.165, 1.54) is 12.4 Å². The summed E-state index contributed by atoms with van der Waals surface area (Å²) in [6, 6.07) is 0. The van der Waals surface area contributed by atoms with Crippen LogP contribution in [0.5, 0.6) is 0 Å². The Morgan fingerprint density at radius 1 is 1.50 bits per heavy atom. The monoisotopic (exact) mass is 261 g/mol. The summed E-state index contributed by atoms with van der Waals surface area (Å²) >= 11 is 5.70. The Morgan fingerprint density at radius 3 is 2.81 bits per heavy atom. The molecule has 2 rings (SSSR count). The molecule has 1 fully saturated rings. The summed E-state index contributed by atoms with van der Waals surface area (Å²) in [4.78, 5) is 7.91. The molecule has 7 heteroatoms. The summed E-state index contributed by atoms with van der Waals surface area (Å²) in [7, 11) is -2.93. The molecule has 1 aromatic rings. The van der Waals surface area contributed by atoms with E-state index >= 15 is 0 Å². The van der Waals surface area contributed by atoms with Crippen LogP contribution >= 0.6 is 11.6 Å². The fraction of sp³-hybridized carbons (Fsp3) is 0.556. The van der Waals surface area contributed by atoms with Gasteiger partial charge in [0.25, 0.3) is 0 Å². The molecule has 0 saturated carbocycles. The highest BCUT2D eigenvalue weighted by Crippen LogP contribution is 2.26. The van der Waals surface area contributed by atoms with E-state index in [9.17, 15) is 8.42 Å². The van der Waals surface area contributed by atoms with Crippen LogP contribution in [0.4, 0.5) is 5.82 Å². The molecule has 0 amide bonds. The smallest absolute Gasteiger partial charge is 0.152 e. The zero-order chi connectivity index (χ0) is 11.8. The summed E-state index contributed by atoms with van der Waals surface area (Å²) in [5.74, 6) is 0.839. The van der Waals surface area contributed by atoms with Crippen molar-refractivity contribution in [2.75, 3.05) is 16.8 Å². The van der Waals surface area contributed by atoms with E-state index in [1.807, 2.05) is 6.92 Å². The molecule has 16 heavy (non-hydrogen) atoms. The van der Waals surface area contributed by atoms with Gasteiger partial charge in [-0.2, -0.15) is 0 Å². The lowest BCUT2D eigenvalue weighted by Crippen LogP contribution is -2.36. The zero-order valence-corrected chi connectivity index (χ0v) is 10.3. The minimum Gasteiger partial charge on any atom is -0.363 e. The molecule has 1 aliphatic heterocycles. The largest absolute Gasteiger partial charge is 0.363 e. The number of hydrogen-bond acceptors (Lipinski definition) is 5. The number of nitrogens with zero attached hydrogens (tertiary/aromatic N) is 2. The van der Waals surface area contributed by atoms with E-state index in [-0.39, 0.29) is 16.7 Å². The molecular weight excluding hydrogens is 250 g/mol. The molecule has 0 spiro atoms. The van der Waals surface area contributed by atoms with Crippen LogP contribution in [0.25, 0.3) is 0 Å². The highest BCUT2D eigenvalue weighted by Gasteiger charge is 2.38. The molecule has 1 atom stereocenters. The van der Waals surface area contributed by atoms with Crippen LogP contribution < -0.4 is 5.32 Å². The van der Waals surface area contributed by atoms with Gasteiger partial charge < -0.3 is 5.32 Å². The van der Waals surface area contributed by atoms with Gasteiger partial charge in [-0.25, -0.2) is 13.4 Å². The molecular formula is C9H12ClN3O2S. The van der Waals surface area contributed by atoms with Crippen molar-refractivity contribution in [1.82, 2.24) is 9.97 Å². The lowest BCUT2D eigenvalue weighted by molar-refractivity contribution is 0.571. The molecule has 1 N–H and O–H groups in total. The number of nitrogens with one attached hydrogen (secondary N) is 1. The topological polar surface area (TPSA) is 72.0 Å². The van der Waals surface area contributed by atoms with Crippen LogP contribution in [0.3, 0.4) is 0 Å². The first-order valence-electron chi connectivity index (χ1n) is 4.85. The van der Waals surface area contributed by atoms with Crippen LogP contribution in [0.2, 0.25) is 5.15 Å². The molecule has 0 radical (unpaired) electrons. The summed E-state index contributed by atoms with van der Waals surface area (Å²) in [6.45, 7) is 1.86. The van der Waals surface area contributed by atoms with Crippen molar-refractivity contribution in [3.8, 4) is 0 Å². The Labute approximate surface area is 99.2 Å². The average molecular weight is 262 g/mol. The van der Waals surface area contributed by atoms with Crippen LogP contribution in [-0.2, 0) is 9.84 Å². The second kappa shape index (κ2) is 3.85. The fourth-order valence-corrected chi connectivity index (χ4v) is 4.06. The van der Waals surface area contributed by atoms with Gasteiger partial charge in [-0.3, -0.25) is 4.98 Å². The van der Waals surface area contributed by atoms with E-state index in [0.29, 0.717) is 12.2 Å². The normalized spacial score (nSPS) is 27.9. The van der Waals surface area contributed by atoms with Gasteiger partial charge in [0.05, 0.1) is 29.4 Å². The summed E-state index contributed by atoms with van der Waals surface area (Å²) in [6.07, 6.45) is 3.53. The third kappa shape index (κ3) is 2.62. The lowest BCUT2D eigenvalue weighted by atomic mass is 10.0. The van der Waals surface area contributed by atoms with Crippen molar-refractivity contribution in [1.29, 1.82) is 0 Å². The van der Waals surface area contributed by atoms with E-state index in [1.54, 1.807) is 0 Å². The first kappa shape index (κ1) is 11.6. The quantitative estimate of drug-likeness (QED) is 0.864. The van der Waals surface area contributed by atoms with Crippen molar-refractivity contribution in [2.24, 2.45) is 0 Å². The molecule has 0 bridgehead atoms. The third-order valence-electron chi connectivity index (χ3n) is 2.54. The average Bonchev–Trinajstić information content (AvgIpc) is 2.40. The van der Waals surface area contributed by atoms with Gasteiger partial charge in [-0.05, 0) is 13.3 Å². The molecule has 0 aliphatic carbocycles. The molecule has 88 valence electrons. The first-order valence-corrected chi connectivity index (χ1v) is 7.05. The van der Waals surface area contributed by atoms with Gasteiger partial charge in [0.2, 0.25) is 0 Å². The van der Waals surface area contributed by atoms with Gasteiger partial charge in [-0.15, -0.1) is 0 Å². The van der Waals surface area contributed by atoms with Gasteiger partial charge in [0.1, 0.15) is 11.0 Å². The van der Waals surface area contributed by atoms with E-state index in [2.05, 4.69) is 15.3 Å². The van der Waals surface area contributed by atoms with Gasteiger partial charge in [-0.1, -0.05) is 11.6 Å². The van der Waals surface area contributed by atoms with Crippen molar-refractivity contribution < 1.29 is 8.42 Å². The molecule has 5 nitrogen and oxygen atoms in total. The standard InChI is InChI=1S/C9H12ClN3O2S/c1-9(2-3-16(14,15)6-9)13-8-5-11-4-7(10)12-8/h4-5H,2-3,6H2,1H3,(H,12,13). The zero-order valence-electron chi connectivity index (χ0n) is 8.77. The predicted octanol–water partition coefficient (Wildman–Crippen LogP) is 1.12. The minimum absolute atomic E-state index is 0.119. The Hall–Kier alpha value is -0.880. The second-order valence-corrected chi connectivity index (χ2v) is 6.83. The molecule has 1 unspecified atom stereocenters. The number of halogens is 1. The van der Waals surface area contributed by atoms with Crippen molar-refractivity contribution >= 4 is 27.3 Å². The van der Waals surface area contributed by atoms with Crippen molar-refractivity contribution in [3.05, 3.63) is 17.5 Å². The highest BCUT2D eigenvalue weighted by atomic mass is 35.5. The fourth-order valence-electron chi connectivity index (χ4n) is 1.82. The number of rotatable bonds is 2. The molecule has 1 saturated heterocycles. The maximum Gasteiger partial charge on any atom is 0.152 e. The SMILES string of the molecule is CC1(Nc2cncc(Cl)n2)CCS(=O)(=O)C1. The van der Waals surface area contributed by atoms with E-state index < -0.39 is 15.4 Å². The third-order valence-corrected chi connectivity index (χ3v) is 4.62. The summed E-state index contributed by atoms with van der Waals surface area (Å²) in [5.41, 5.74) is -0.474.